The molecule has 2 aromatic rings. The number of benzene rings is 2. The summed E-state index contributed by atoms with van der Waals surface area (Å²) < 4.78 is 53.0. The van der Waals surface area contributed by atoms with Crippen LogP contribution >= 0.6 is 11.8 Å². The van der Waals surface area contributed by atoms with E-state index in [1.54, 1.807) is 0 Å². The predicted molar refractivity (Wildman–Crippen MR) is 107 cm³/mol. The molecule has 2 aromatic carbocycles. The Bertz CT molecular complexity index is 861. The van der Waals surface area contributed by atoms with Crippen molar-refractivity contribution in [2.75, 3.05) is 13.1 Å². The van der Waals surface area contributed by atoms with Gasteiger partial charge in [-0.1, -0.05) is 36.4 Å². The summed E-state index contributed by atoms with van der Waals surface area (Å²) >= 11 is 1.44. The van der Waals surface area contributed by atoms with E-state index in [1.165, 1.54) is 23.4 Å². The van der Waals surface area contributed by atoms with Crippen LogP contribution in [0.2, 0.25) is 0 Å². The van der Waals surface area contributed by atoms with Gasteiger partial charge in [0.05, 0.1) is 5.56 Å². The van der Waals surface area contributed by atoms with Crippen molar-refractivity contribution in [2.45, 2.75) is 37.0 Å². The zero-order valence-corrected chi connectivity index (χ0v) is 16.6. The lowest BCUT2D eigenvalue weighted by Gasteiger charge is -2.39. The monoisotopic (exact) mass is 422 g/mol. The van der Waals surface area contributed by atoms with Gasteiger partial charge >= 0.3 is 6.18 Å². The quantitative estimate of drug-likeness (QED) is 0.556. The number of halogens is 4. The third-order valence-electron chi connectivity index (χ3n) is 5.53. The van der Waals surface area contributed by atoms with Crippen LogP contribution in [0.5, 0.6) is 0 Å². The van der Waals surface area contributed by atoms with E-state index in [2.05, 4.69) is 21.9 Å². The van der Waals surface area contributed by atoms with Gasteiger partial charge in [0.25, 0.3) is 0 Å². The van der Waals surface area contributed by atoms with E-state index < -0.39 is 17.6 Å². The molecule has 2 heterocycles. The van der Waals surface area contributed by atoms with E-state index in [-0.39, 0.29) is 11.4 Å². The molecule has 0 aromatic heterocycles. The molecule has 0 amide bonds. The summed E-state index contributed by atoms with van der Waals surface area (Å²) in [5.41, 5.74) is 0.641. The predicted octanol–water partition coefficient (Wildman–Crippen LogP) is 6.03. The molecule has 0 saturated carbocycles. The standard InChI is InChI=1S/C22H22F4N2S/c23-20-14-17(22(24,25)26)6-7-19(20)21-28(12-13-29-21)18-8-10-27(11-9-18)15-16-4-2-1-3-5-16/h1-7,12-14,18,21H,8-11,15H2. The lowest BCUT2D eigenvalue weighted by molar-refractivity contribution is -0.137. The first-order valence-corrected chi connectivity index (χ1v) is 10.6. The van der Waals surface area contributed by atoms with Gasteiger partial charge in [-0.3, -0.25) is 4.90 Å². The Morgan fingerprint density at radius 1 is 1.00 bits per heavy atom. The minimum atomic E-state index is -4.54. The number of hydrogen-bond donors (Lipinski definition) is 0. The van der Waals surface area contributed by atoms with Crippen molar-refractivity contribution in [2.24, 2.45) is 0 Å². The highest BCUT2D eigenvalue weighted by molar-refractivity contribution is 8.02. The van der Waals surface area contributed by atoms with Crippen LogP contribution in [0.15, 0.2) is 60.1 Å². The number of piperidine rings is 1. The molecule has 2 aliphatic heterocycles. The molecule has 2 nitrogen and oxygen atoms in total. The maximum Gasteiger partial charge on any atom is 0.416 e. The lowest BCUT2D eigenvalue weighted by atomic mass is 10.0. The number of rotatable bonds is 4. The smallest absolute Gasteiger partial charge is 0.358 e. The van der Waals surface area contributed by atoms with E-state index >= 15 is 0 Å². The van der Waals surface area contributed by atoms with Crippen LogP contribution in [0.25, 0.3) is 0 Å². The summed E-state index contributed by atoms with van der Waals surface area (Å²) in [5, 5.41) is 1.58. The molecule has 4 rings (SSSR count). The van der Waals surface area contributed by atoms with E-state index in [1.807, 2.05) is 29.8 Å². The fourth-order valence-corrected chi connectivity index (χ4v) is 5.08. The summed E-state index contributed by atoms with van der Waals surface area (Å²) in [6, 6.07) is 13.4. The average molecular weight is 422 g/mol. The minimum absolute atomic E-state index is 0.250. The lowest BCUT2D eigenvalue weighted by Crippen LogP contribution is -2.42. The molecule has 154 valence electrons. The van der Waals surface area contributed by atoms with Crippen molar-refractivity contribution in [3.8, 4) is 0 Å². The molecule has 1 atom stereocenters. The van der Waals surface area contributed by atoms with E-state index in [9.17, 15) is 17.6 Å². The van der Waals surface area contributed by atoms with Gasteiger partial charge in [-0.05, 0) is 35.9 Å². The van der Waals surface area contributed by atoms with Gasteiger partial charge in [-0.25, -0.2) is 4.39 Å². The number of likely N-dealkylation sites (tertiary alicyclic amines) is 1. The van der Waals surface area contributed by atoms with Crippen LogP contribution in [0.3, 0.4) is 0 Å². The summed E-state index contributed by atoms with van der Waals surface area (Å²) in [7, 11) is 0. The van der Waals surface area contributed by atoms with E-state index in [0.29, 0.717) is 11.6 Å². The van der Waals surface area contributed by atoms with Gasteiger partial charge in [0, 0.05) is 37.4 Å². The molecule has 0 radical (unpaired) electrons. The number of thioether (sulfide) groups is 1. The first kappa shape index (κ1) is 20.3. The molecular formula is C22H22F4N2S. The highest BCUT2D eigenvalue weighted by Crippen LogP contribution is 2.43. The third-order valence-corrected chi connectivity index (χ3v) is 6.57. The second-order valence-electron chi connectivity index (χ2n) is 7.45. The Morgan fingerprint density at radius 2 is 1.72 bits per heavy atom. The fourth-order valence-electron chi connectivity index (χ4n) is 4.00. The van der Waals surface area contributed by atoms with Crippen molar-refractivity contribution in [1.82, 2.24) is 9.80 Å². The molecule has 0 spiro atoms. The van der Waals surface area contributed by atoms with Crippen molar-refractivity contribution in [3.63, 3.8) is 0 Å². The van der Waals surface area contributed by atoms with E-state index in [0.717, 1.165) is 38.5 Å². The summed E-state index contributed by atoms with van der Waals surface area (Å²) in [5.74, 6) is -0.799. The van der Waals surface area contributed by atoms with Crippen LogP contribution in [0.4, 0.5) is 17.6 Å². The Morgan fingerprint density at radius 3 is 2.38 bits per heavy atom. The second kappa shape index (κ2) is 8.40. The van der Waals surface area contributed by atoms with Gasteiger partial charge in [-0.15, -0.1) is 11.8 Å². The van der Waals surface area contributed by atoms with Crippen LogP contribution in [-0.2, 0) is 12.7 Å². The first-order chi connectivity index (χ1) is 13.9. The van der Waals surface area contributed by atoms with Crippen molar-refractivity contribution in [1.29, 1.82) is 0 Å². The zero-order valence-electron chi connectivity index (χ0n) is 15.8. The van der Waals surface area contributed by atoms with Crippen molar-refractivity contribution < 1.29 is 17.6 Å². The fraction of sp³-hybridized carbons (Fsp3) is 0.364. The Kier molecular flexibility index (Phi) is 5.88. The number of nitrogens with zero attached hydrogens (tertiary/aromatic N) is 2. The minimum Gasteiger partial charge on any atom is -0.358 e. The largest absolute Gasteiger partial charge is 0.416 e. The summed E-state index contributed by atoms with van der Waals surface area (Å²) in [6.07, 6.45) is -0.706. The molecule has 1 saturated heterocycles. The normalized spacial score (nSPS) is 21.1. The topological polar surface area (TPSA) is 6.48 Å². The van der Waals surface area contributed by atoms with Crippen LogP contribution in [0.1, 0.15) is 34.9 Å². The highest BCUT2D eigenvalue weighted by atomic mass is 32.2. The molecule has 0 bridgehead atoms. The van der Waals surface area contributed by atoms with Crippen molar-refractivity contribution in [3.05, 3.63) is 82.6 Å². The zero-order chi connectivity index (χ0) is 20.4. The third kappa shape index (κ3) is 4.61. The molecule has 29 heavy (non-hydrogen) atoms. The van der Waals surface area contributed by atoms with Gasteiger partial charge < -0.3 is 4.90 Å². The van der Waals surface area contributed by atoms with Gasteiger partial charge in [0.1, 0.15) is 11.2 Å². The SMILES string of the molecule is Fc1cc(C(F)(F)F)ccc1C1SC=CN1C1CCN(Cc2ccccc2)CC1. The highest BCUT2D eigenvalue weighted by Gasteiger charge is 2.35. The second-order valence-corrected chi connectivity index (χ2v) is 8.44. The maximum atomic E-state index is 14.5. The van der Waals surface area contributed by atoms with Crippen LogP contribution < -0.4 is 0 Å². The molecule has 1 fully saturated rings. The first-order valence-electron chi connectivity index (χ1n) is 9.64. The molecule has 2 aliphatic rings. The average Bonchev–Trinajstić information content (AvgIpc) is 3.18. The molecule has 0 aliphatic carbocycles. The van der Waals surface area contributed by atoms with Crippen LogP contribution in [-0.4, -0.2) is 28.9 Å². The van der Waals surface area contributed by atoms with Crippen molar-refractivity contribution >= 4 is 11.8 Å². The van der Waals surface area contributed by atoms with E-state index in [4.69, 9.17) is 0 Å². The Labute approximate surface area is 172 Å². The molecular weight excluding hydrogens is 400 g/mol. The summed E-state index contributed by atoms with van der Waals surface area (Å²) in [4.78, 5) is 4.52. The molecule has 7 heteroatoms. The number of hydrogen-bond acceptors (Lipinski definition) is 3. The Hall–Kier alpha value is -1.99. The van der Waals surface area contributed by atoms with Gasteiger partial charge in [0.2, 0.25) is 0 Å². The Balaban J connectivity index is 1.41. The maximum absolute atomic E-state index is 14.5. The number of alkyl halides is 3. The molecule has 1 unspecified atom stereocenters. The summed E-state index contributed by atoms with van der Waals surface area (Å²) in [6.45, 7) is 2.79. The van der Waals surface area contributed by atoms with Crippen LogP contribution in [0, 0.1) is 5.82 Å². The molecule has 0 N–H and O–H groups in total. The van der Waals surface area contributed by atoms with Gasteiger partial charge in [-0.2, -0.15) is 13.2 Å². The van der Waals surface area contributed by atoms with Gasteiger partial charge in [0.15, 0.2) is 0 Å².